The van der Waals surface area contributed by atoms with Crippen molar-refractivity contribution in [1.29, 1.82) is 0 Å². The van der Waals surface area contributed by atoms with Crippen molar-refractivity contribution in [2.45, 2.75) is 12.6 Å². The summed E-state index contributed by atoms with van der Waals surface area (Å²) in [7, 11) is 5.22. The number of para-hydroxylation sites is 2. The number of carbonyl (C=O) groups excluding carboxylic acids is 1. The number of benzene rings is 3. The maximum atomic E-state index is 13.8. The highest BCUT2D eigenvalue weighted by Gasteiger charge is 2.29. The second-order valence-electron chi connectivity index (χ2n) is 7.49. The van der Waals surface area contributed by atoms with Crippen molar-refractivity contribution in [2.24, 2.45) is 0 Å². The number of H-pyrrole nitrogens is 1. The summed E-state index contributed by atoms with van der Waals surface area (Å²) < 4.78 is 11.0. The van der Waals surface area contributed by atoms with E-state index in [1.54, 1.807) is 14.2 Å². The molecule has 0 saturated carbocycles. The number of rotatable bonds is 8. The Hall–Kier alpha value is -3.57. The van der Waals surface area contributed by atoms with Gasteiger partial charge < -0.3 is 14.5 Å². The molecular formula is C26H26N2O3. The van der Waals surface area contributed by atoms with E-state index in [0.717, 1.165) is 22.0 Å². The van der Waals surface area contributed by atoms with Crippen LogP contribution in [0.2, 0.25) is 0 Å². The molecule has 0 saturated heterocycles. The number of nitrogens with zero attached hydrogens (tertiary/aromatic N) is 1. The monoisotopic (exact) mass is 414 g/mol. The fourth-order valence-electron chi connectivity index (χ4n) is 4.10. The van der Waals surface area contributed by atoms with Crippen LogP contribution in [0.5, 0.6) is 11.5 Å². The van der Waals surface area contributed by atoms with Crippen molar-refractivity contribution in [3.8, 4) is 11.5 Å². The number of carbonyl (C=O) groups is 1. The van der Waals surface area contributed by atoms with Crippen LogP contribution in [0.4, 0.5) is 0 Å². The number of methoxy groups -OCH3 is 2. The number of nitrogens with one attached hydrogen (secondary N) is 1. The number of aromatic nitrogens is 1. The molecule has 158 valence electrons. The van der Waals surface area contributed by atoms with E-state index in [0.29, 0.717) is 23.6 Å². The highest BCUT2D eigenvalue weighted by atomic mass is 16.5. The van der Waals surface area contributed by atoms with Crippen molar-refractivity contribution in [3.63, 3.8) is 0 Å². The maximum absolute atomic E-state index is 13.8. The lowest BCUT2D eigenvalue weighted by molar-refractivity contribution is 0.0844. The quantitative estimate of drug-likeness (QED) is 0.401. The first-order chi connectivity index (χ1) is 15.1. The van der Waals surface area contributed by atoms with Gasteiger partial charge in [0.1, 0.15) is 0 Å². The maximum Gasteiger partial charge on any atom is 0.186 e. The number of aromatic amines is 1. The van der Waals surface area contributed by atoms with Crippen molar-refractivity contribution >= 4 is 16.7 Å². The lowest BCUT2D eigenvalue weighted by Crippen LogP contribution is -2.31. The minimum atomic E-state index is -0.448. The molecule has 0 aliphatic heterocycles. The van der Waals surface area contributed by atoms with Gasteiger partial charge in [-0.05, 0) is 24.7 Å². The standard InChI is InChI=1S/C26H26N2O3/c1-28(17-19-12-9-15-23(30-2)26(19)31-3)24(18-10-5-4-6-11-18)25(29)21-16-27-22-14-8-7-13-20(21)22/h4-16,24,27H,17H2,1-3H3/t24-/m0/s1. The molecule has 0 aliphatic rings. The van der Waals surface area contributed by atoms with Gasteiger partial charge in [-0.1, -0.05) is 60.7 Å². The van der Waals surface area contributed by atoms with Crippen molar-refractivity contribution in [1.82, 2.24) is 9.88 Å². The number of fused-ring (bicyclic) bond motifs is 1. The van der Waals surface area contributed by atoms with E-state index in [2.05, 4.69) is 9.88 Å². The molecule has 0 aliphatic carbocycles. The van der Waals surface area contributed by atoms with E-state index in [1.807, 2.05) is 86.0 Å². The Labute approximate surface area is 182 Å². The third kappa shape index (κ3) is 4.05. The highest BCUT2D eigenvalue weighted by Crippen LogP contribution is 2.34. The second-order valence-corrected chi connectivity index (χ2v) is 7.49. The number of ether oxygens (including phenoxy) is 2. The SMILES string of the molecule is COc1cccc(CN(C)[C@H](C(=O)c2c[nH]c3ccccc23)c2ccccc2)c1OC. The van der Waals surface area contributed by atoms with Crippen molar-refractivity contribution in [3.05, 3.63) is 95.7 Å². The first-order valence-corrected chi connectivity index (χ1v) is 10.2. The molecule has 0 fully saturated rings. The predicted molar refractivity (Wildman–Crippen MR) is 123 cm³/mol. The van der Waals surface area contributed by atoms with Crippen LogP contribution in [0.25, 0.3) is 10.9 Å². The molecule has 1 atom stereocenters. The molecular weight excluding hydrogens is 388 g/mol. The molecule has 0 bridgehead atoms. The summed E-state index contributed by atoms with van der Waals surface area (Å²) in [6.45, 7) is 0.522. The normalized spacial score (nSPS) is 12.1. The molecule has 1 aromatic heterocycles. The molecule has 0 radical (unpaired) electrons. The third-order valence-electron chi connectivity index (χ3n) is 5.56. The molecule has 3 aromatic carbocycles. The van der Waals surface area contributed by atoms with Gasteiger partial charge in [-0.25, -0.2) is 0 Å². The summed E-state index contributed by atoms with van der Waals surface area (Å²) in [5.41, 5.74) is 3.54. The van der Waals surface area contributed by atoms with Crippen LogP contribution in [-0.4, -0.2) is 36.9 Å². The van der Waals surface area contributed by atoms with Gasteiger partial charge in [0.05, 0.1) is 20.3 Å². The smallest absolute Gasteiger partial charge is 0.186 e. The molecule has 31 heavy (non-hydrogen) atoms. The zero-order chi connectivity index (χ0) is 21.8. The number of hydrogen-bond acceptors (Lipinski definition) is 4. The van der Waals surface area contributed by atoms with Crippen LogP contribution in [0.1, 0.15) is 27.5 Å². The Morgan fingerprint density at radius 1 is 0.935 bits per heavy atom. The Kier molecular flexibility index (Phi) is 6.05. The molecule has 1 N–H and O–H groups in total. The van der Waals surface area contributed by atoms with E-state index in [4.69, 9.17) is 9.47 Å². The lowest BCUT2D eigenvalue weighted by Gasteiger charge is -2.28. The number of likely N-dealkylation sites (N-methyl/N-ethyl adjacent to an activating group) is 1. The van der Waals surface area contributed by atoms with Gasteiger partial charge in [-0.15, -0.1) is 0 Å². The summed E-state index contributed by atoms with van der Waals surface area (Å²) in [6, 6.07) is 23.1. The molecule has 0 unspecified atom stereocenters. The summed E-state index contributed by atoms with van der Waals surface area (Å²) in [5.74, 6) is 1.41. The Morgan fingerprint density at radius 2 is 1.68 bits per heavy atom. The predicted octanol–water partition coefficient (Wildman–Crippen LogP) is 5.24. The summed E-state index contributed by atoms with van der Waals surface area (Å²) in [6.07, 6.45) is 1.81. The lowest BCUT2D eigenvalue weighted by atomic mass is 9.95. The van der Waals surface area contributed by atoms with E-state index < -0.39 is 6.04 Å². The number of ketones is 1. The molecule has 5 nitrogen and oxygen atoms in total. The van der Waals surface area contributed by atoms with Crippen LogP contribution in [0, 0.1) is 0 Å². The van der Waals surface area contributed by atoms with Gasteiger partial charge in [-0.2, -0.15) is 0 Å². The molecule has 0 amide bonds. The molecule has 5 heteroatoms. The second kappa shape index (κ2) is 9.06. The average molecular weight is 415 g/mol. The highest BCUT2D eigenvalue weighted by molar-refractivity contribution is 6.10. The van der Waals surface area contributed by atoms with Gasteiger partial charge in [0.25, 0.3) is 0 Å². The van der Waals surface area contributed by atoms with Crippen LogP contribution >= 0.6 is 0 Å². The zero-order valence-electron chi connectivity index (χ0n) is 18.0. The molecule has 4 aromatic rings. The van der Waals surface area contributed by atoms with Crippen LogP contribution < -0.4 is 9.47 Å². The molecule has 0 spiro atoms. The first-order valence-electron chi connectivity index (χ1n) is 10.2. The largest absolute Gasteiger partial charge is 0.493 e. The van der Waals surface area contributed by atoms with Gasteiger partial charge >= 0.3 is 0 Å². The van der Waals surface area contributed by atoms with Gasteiger partial charge in [-0.3, -0.25) is 9.69 Å². The van der Waals surface area contributed by atoms with Crippen LogP contribution in [0.15, 0.2) is 79.0 Å². The van der Waals surface area contributed by atoms with E-state index in [-0.39, 0.29) is 5.78 Å². The van der Waals surface area contributed by atoms with Crippen LogP contribution in [-0.2, 0) is 6.54 Å². The van der Waals surface area contributed by atoms with Gasteiger partial charge in [0, 0.05) is 34.8 Å². The van der Waals surface area contributed by atoms with E-state index in [1.165, 1.54) is 0 Å². The van der Waals surface area contributed by atoms with Crippen LogP contribution in [0.3, 0.4) is 0 Å². The van der Waals surface area contributed by atoms with Crippen molar-refractivity contribution in [2.75, 3.05) is 21.3 Å². The number of hydrogen-bond donors (Lipinski definition) is 1. The third-order valence-corrected chi connectivity index (χ3v) is 5.56. The topological polar surface area (TPSA) is 54.6 Å². The Morgan fingerprint density at radius 3 is 2.42 bits per heavy atom. The minimum Gasteiger partial charge on any atom is -0.493 e. The fourth-order valence-corrected chi connectivity index (χ4v) is 4.10. The Balaban J connectivity index is 1.73. The number of Topliss-reactive ketones (excluding diaryl/α,β-unsaturated/α-hetero) is 1. The summed E-state index contributed by atoms with van der Waals surface area (Å²) in [5, 5.41) is 0.931. The first kappa shape index (κ1) is 20.7. The molecule has 1 heterocycles. The molecule has 4 rings (SSSR count). The fraction of sp³-hybridized carbons (Fsp3) is 0.192. The summed E-state index contributed by atoms with van der Waals surface area (Å²) >= 11 is 0. The zero-order valence-corrected chi connectivity index (χ0v) is 18.0. The van der Waals surface area contributed by atoms with Gasteiger partial charge in [0.15, 0.2) is 17.3 Å². The van der Waals surface area contributed by atoms with E-state index in [9.17, 15) is 4.79 Å². The minimum absolute atomic E-state index is 0.0491. The Bertz CT molecular complexity index is 1180. The average Bonchev–Trinajstić information content (AvgIpc) is 3.24. The van der Waals surface area contributed by atoms with Crippen molar-refractivity contribution < 1.29 is 14.3 Å². The van der Waals surface area contributed by atoms with Gasteiger partial charge in [0.2, 0.25) is 0 Å². The summed E-state index contributed by atoms with van der Waals surface area (Å²) in [4.78, 5) is 19.1. The van der Waals surface area contributed by atoms with E-state index >= 15 is 0 Å².